The van der Waals surface area contributed by atoms with Crippen LogP contribution >= 0.6 is 0 Å². The molecule has 0 aromatic heterocycles. The summed E-state index contributed by atoms with van der Waals surface area (Å²) in [6, 6.07) is 8.74. The van der Waals surface area contributed by atoms with Crippen LogP contribution in [0.25, 0.3) is 0 Å². The first-order valence-corrected chi connectivity index (χ1v) is 8.73. The van der Waals surface area contributed by atoms with E-state index in [4.69, 9.17) is 18.9 Å². The summed E-state index contributed by atoms with van der Waals surface area (Å²) < 4.78 is 21.9. The highest BCUT2D eigenvalue weighted by Gasteiger charge is 2.46. The summed E-state index contributed by atoms with van der Waals surface area (Å²) in [5, 5.41) is 9.46. The third kappa shape index (κ3) is 5.18. The Kier molecular flexibility index (Phi) is 7.23. The van der Waals surface area contributed by atoms with E-state index in [-0.39, 0.29) is 19.5 Å². The molecule has 0 bridgehead atoms. The third-order valence-electron chi connectivity index (χ3n) is 3.94. The maximum absolute atomic E-state index is 12.5. The zero-order chi connectivity index (χ0) is 18.1. The molecule has 0 saturated carbocycles. The lowest BCUT2D eigenvalue weighted by atomic mass is 9.91. The number of nitrogens with zero attached hydrogens (tertiary/aromatic N) is 1. The molecule has 1 aliphatic heterocycles. The fraction of sp³-hybridized carbons (Fsp3) is 0.579. The van der Waals surface area contributed by atoms with Crippen molar-refractivity contribution in [3.05, 3.63) is 24.3 Å². The van der Waals surface area contributed by atoms with Crippen molar-refractivity contribution >= 4 is 5.97 Å². The number of hydrogen-bond acceptors (Lipinski definition) is 6. The topological polar surface area (TPSA) is 77.8 Å². The fourth-order valence-electron chi connectivity index (χ4n) is 2.35. The standard InChI is InChI=1S/C19H25NO5/c1-3-5-6-17-23-13-19(12-20,14-24-17)18(21)25-16-9-7-15(8-10-16)22-11-4-2/h7-10,17H,3-6,11,13-14H2,1-2H3. The minimum Gasteiger partial charge on any atom is -0.494 e. The van der Waals surface area contributed by atoms with E-state index in [2.05, 4.69) is 6.92 Å². The van der Waals surface area contributed by atoms with Crippen LogP contribution in [0.2, 0.25) is 0 Å². The molecule has 136 valence electrons. The second-order valence-corrected chi connectivity index (χ2v) is 6.10. The van der Waals surface area contributed by atoms with E-state index >= 15 is 0 Å². The Labute approximate surface area is 148 Å². The number of unbranched alkanes of at least 4 members (excludes halogenated alkanes) is 1. The van der Waals surface area contributed by atoms with Crippen molar-refractivity contribution in [3.8, 4) is 17.6 Å². The van der Waals surface area contributed by atoms with Crippen molar-refractivity contribution in [2.45, 2.75) is 45.8 Å². The highest BCUT2D eigenvalue weighted by atomic mass is 16.7. The predicted octanol–water partition coefficient (Wildman–Crippen LogP) is 3.45. The molecule has 1 heterocycles. The maximum atomic E-state index is 12.5. The molecule has 0 amide bonds. The van der Waals surface area contributed by atoms with Crippen molar-refractivity contribution in [3.63, 3.8) is 0 Å². The zero-order valence-corrected chi connectivity index (χ0v) is 14.8. The normalized spacial score (nSPS) is 22.8. The number of benzene rings is 1. The average Bonchev–Trinajstić information content (AvgIpc) is 2.66. The number of esters is 1. The first kappa shape index (κ1) is 19.2. The van der Waals surface area contributed by atoms with Crippen LogP contribution in [-0.4, -0.2) is 32.1 Å². The number of rotatable bonds is 8. The summed E-state index contributed by atoms with van der Waals surface area (Å²) >= 11 is 0. The van der Waals surface area contributed by atoms with E-state index in [1.54, 1.807) is 24.3 Å². The van der Waals surface area contributed by atoms with Crippen LogP contribution in [0.1, 0.15) is 39.5 Å². The van der Waals surface area contributed by atoms with Crippen LogP contribution in [0.5, 0.6) is 11.5 Å². The van der Waals surface area contributed by atoms with Crippen molar-refractivity contribution in [2.24, 2.45) is 5.41 Å². The van der Waals surface area contributed by atoms with Crippen molar-refractivity contribution in [1.29, 1.82) is 5.26 Å². The predicted molar refractivity (Wildman–Crippen MR) is 91.1 cm³/mol. The third-order valence-corrected chi connectivity index (χ3v) is 3.94. The Morgan fingerprint density at radius 3 is 2.40 bits per heavy atom. The quantitative estimate of drug-likeness (QED) is 0.529. The summed E-state index contributed by atoms with van der Waals surface area (Å²) in [5.41, 5.74) is -1.43. The molecule has 0 spiro atoms. The van der Waals surface area contributed by atoms with Crippen LogP contribution < -0.4 is 9.47 Å². The smallest absolute Gasteiger partial charge is 0.336 e. The summed E-state index contributed by atoms with van der Waals surface area (Å²) in [7, 11) is 0. The molecule has 0 aliphatic carbocycles. The molecular formula is C19H25NO5. The van der Waals surface area contributed by atoms with E-state index in [0.717, 1.165) is 25.7 Å². The van der Waals surface area contributed by atoms with Crippen molar-refractivity contribution < 1.29 is 23.7 Å². The molecular weight excluding hydrogens is 322 g/mol. The van der Waals surface area contributed by atoms with Gasteiger partial charge in [0.05, 0.1) is 25.9 Å². The Balaban J connectivity index is 1.93. The summed E-state index contributed by atoms with van der Waals surface area (Å²) in [6.07, 6.45) is 3.32. The van der Waals surface area contributed by atoms with Gasteiger partial charge in [-0.2, -0.15) is 5.26 Å². The molecule has 0 atom stereocenters. The molecule has 1 aromatic rings. The van der Waals surface area contributed by atoms with Gasteiger partial charge in [0.2, 0.25) is 5.41 Å². The second-order valence-electron chi connectivity index (χ2n) is 6.10. The average molecular weight is 347 g/mol. The molecule has 0 N–H and O–H groups in total. The van der Waals surface area contributed by atoms with Gasteiger partial charge in [-0.15, -0.1) is 0 Å². The van der Waals surface area contributed by atoms with Gasteiger partial charge in [0.1, 0.15) is 11.5 Å². The van der Waals surface area contributed by atoms with Crippen LogP contribution in [0.4, 0.5) is 0 Å². The number of carbonyl (C=O) groups is 1. The van der Waals surface area contributed by atoms with Crippen LogP contribution in [0.15, 0.2) is 24.3 Å². The zero-order valence-electron chi connectivity index (χ0n) is 14.8. The Hall–Kier alpha value is -2.10. The van der Waals surface area contributed by atoms with Gasteiger partial charge in [0.25, 0.3) is 0 Å². The van der Waals surface area contributed by atoms with Crippen LogP contribution in [0.3, 0.4) is 0 Å². The van der Waals surface area contributed by atoms with Crippen LogP contribution in [-0.2, 0) is 14.3 Å². The molecule has 2 rings (SSSR count). The van der Waals surface area contributed by atoms with Crippen LogP contribution in [0, 0.1) is 16.7 Å². The van der Waals surface area contributed by atoms with E-state index in [1.165, 1.54) is 0 Å². The van der Waals surface area contributed by atoms with Gasteiger partial charge in [-0.25, -0.2) is 4.79 Å². The van der Waals surface area contributed by atoms with Gasteiger partial charge >= 0.3 is 5.97 Å². The molecule has 6 nitrogen and oxygen atoms in total. The summed E-state index contributed by atoms with van der Waals surface area (Å²) in [5.74, 6) is 0.405. The maximum Gasteiger partial charge on any atom is 0.336 e. The van der Waals surface area contributed by atoms with E-state index < -0.39 is 11.4 Å². The Morgan fingerprint density at radius 1 is 1.20 bits per heavy atom. The first-order valence-electron chi connectivity index (χ1n) is 8.73. The fourth-order valence-corrected chi connectivity index (χ4v) is 2.35. The SMILES string of the molecule is CCCCC1OCC(C#N)(C(=O)Oc2ccc(OCCC)cc2)CO1. The van der Waals surface area contributed by atoms with E-state index in [0.29, 0.717) is 18.1 Å². The lowest BCUT2D eigenvalue weighted by Gasteiger charge is -2.33. The molecule has 1 aromatic carbocycles. The molecule has 0 radical (unpaired) electrons. The summed E-state index contributed by atoms with van der Waals surface area (Å²) in [6.45, 7) is 4.70. The number of ether oxygens (including phenoxy) is 4. The molecule has 1 aliphatic rings. The number of carbonyl (C=O) groups excluding carboxylic acids is 1. The minimum atomic E-state index is -1.43. The Bertz CT molecular complexity index is 585. The minimum absolute atomic E-state index is 0.0194. The lowest BCUT2D eigenvalue weighted by Crippen LogP contribution is -2.48. The van der Waals surface area contributed by atoms with Crippen molar-refractivity contribution in [2.75, 3.05) is 19.8 Å². The number of nitriles is 1. The second kappa shape index (κ2) is 9.40. The monoisotopic (exact) mass is 347 g/mol. The highest BCUT2D eigenvalue weighted by molar-refractivity contribution is 5.82. The largest absolute Gasteiger partial charge is 0.494 e. The summed E-state index contributed by atoms with van der Waals surface area (Å²) in [4.78, 5) is 12.5. The van der Waals surface area contributed by atoms with Gasteiger partial charge in [-0.1, -0.05) is 20.3 Å². The highest BCUT2D eigenvalue weighted by Crippen LogP contribution is 2.29. The molecule has 25 heavy (non-hydrogen) atoms. The van der Waals surface area contributed by atoms with E-state index in [1.807, 2.05) is 13.0 Å². The van der Waals surface area contributed by atoms with E-state index in [9.17, 15) is 10.1 Å². The molecule has 6 heteroatoms. The van der Waals surface area contributed by atoms with Gasteiger partial charge in [0.15, 0.2) is 6.29 Å². The van der Waals surface area contributed by atoms with Gasteiger partial charge < -0.3 is 18.9 Å². The molecule has 1 saturated heterocycles. The van der Waals surface area contributed by atoms with Gasteiger partial charge in [-0.3, -0.25) is 0 Å². The van der Waals surface area contributed by atoms with Gasteiger partial charge in [0, 0.05) is 0 Å². The van der Waals surface area contributed by atoms with Gasteiger partial charge in [-0.05, 0) is 43.5 Å². The Morgan fingerprint density at radius 2 is 1.84 bits per heavy atom. The van der Waals surface area contributed by atoms with Crippen molar-refractivity contribution in [1.82, 2.24) is 0 Å². The molecule has 1 fully saturated rings. The first-order chi connectivity index (χ1) is 12.1. The molecule has 0 unspecified atom stereocenters. The number of hydrogen-bond donors (Lipinski definition) is 0. The lowest BCUT2D eigenvalue weighted by molar-refractivity contribution is -0.223.